The zero-order chi connectivity index (χ0) is 12.0. The third-order valence-corrected chi connectivity index (χ3v) is 3.16. The van der Waals surface area contributed by atoms with E-state index < -0.39 is 0 Å². The molecule has 2 heterocycles. The van der Waals surface area contributed by atoms with E-state index in [-0.39, 0.29) is 0 Å². The van der Waals surface area contributed by atoms with Gasteiger partial charge in [-0.1, -0.05) is 13.8 Å². The summed E-state index contributed by atoms with van der Waals surface area (Å²) in [5, 5.41) is 0. The van der Waals surface area contributed by atoms with Crippen molar-refractivity contribution in [2.24, 2.45) is 0 Å². The number of nitrogens with two attached hydrogens (primary N) is 1. The van der Waals surface area contributed by atoms with Crippen LogP contribution in [0.5, 0.6) is 0 Å². The maximum atomic E-state index is 6.12. The van der Waals surface area contributed by atoms with Crippen LogP contribution in [0.25, 0.3) is 5.78 Å². The number of imidazole rings is 1. The summed E-state index contributed by atoms with van der Waals surface area (Å²) in [6.07, 6.45) is 0. The van der Waals surface area contributed by atoms with Gasteiger partial charge < -0.3 is 5.73 Å². The van der Waals surface area contributed by atoms with Crippen molar-refractivity contribution in [1.82, 2.24) is 14.4 Å². The lowest BCUT2D eigenvalue weighted by atomic mass is 10.1. The van der Waals surface area contributed by atoms with E-state index >= 15 is 0 Å². The van der Waals surface area contributed by atoms with Crippen molar-refractivity contribution in [3.8, 4) is 0 Å². The smallest absolute Gasteiger partial charge is 0.236 e. The fourth-order valence-corrected chi connectivity index (χ4v) is 1.93. The molecular weight excluding hydrogens is 200 g/mol. The number of nitrogen functional groups attached to an aromatic ring is 1. The zero-order valence-electron chi connectivity index (χ0n) is 10.5. The maximum absolute atomic E-state index is 6.12. The van der Waals surface area contributed by atoms with Crippen LogP contribution in [0.1, 0.15) is 42.4 Å². The highest BCUT2D eigenvalue weighted by Crippen LogP contribution is 2.24. The molecule has 0 aromatic carbocycles. The first-order chi connectivity index (χ1) is 7.43. The molecule has 0 saturated carbocycles. The van der Waals surface area contributed by atoms with E-state index in [2.05, 4.69) is 37.7 Å². The van der Waals surface area contributed by atoms with Gasteiger partial charge in [-0.05, 0) is 32.3 Å². The maximum Gasteiger partial charge on any atom is 0.236 e. The van der Waals surface area contributed by atoms with Gasteiger partial charge in [-0.2, -0.15) is 0 Å². The molecule has 16 heavy (non-hydrogen) atoms. The SMILES string of the molecule is Cc1nc2nc(C(C)C)c(N)n2c(C)c1C. The van der Waals surface area contributed by atoms with Gasteiger partial charge in [-0.3, -0.25) is 4.40 Å². The lowest BCUT2D eigenvalue weighted by Crippen LogP contribution is -2.04. The Labute approximate surface area is 95.5 Å². The fourth-order valence-electron chi connectivity index (χ4n) is 1.93. The summed E-state index contributed by atoms with van der Waals surface area (Å²) < 4.78 is 1.94. The largest absolute Gasteiger partial charge is 0.383 e. The van der Waals surface area contributed by atoms with Crippen LogP contribution in [0.3, 0.4) is 0 Å². The van der Waals surface area contributed by atoms with Gasteiger partial charge in [0.05, 0.1) is 5.69 Å². The summed E-state index contributed by atoms with van der Waals surface area (Å²) >= 11 is 0. The molecule has 0 fully saturated rings. The van der Waals surface area contributed by atoms with Crippen molar-refractivity contribution in [3.05, 3.63) is 22.6 Å². The summed E-state index contributed by atoms with van der Waals surface area (Å²) in [7, 11) is 0. The average molecular weight is 218 g/mol. The Morgan fingerprint density at radius 1 is 1.12 bits per heavy atom. The normalized spacial score (nSPS) is 11.6. The standard InChI is InChI=1S/C12H18N4/c1-6(2)10-11(13)16-9(5)7(3)8(4)14-12(16)15-10/h6H,13H2,1-5H3. The first-order valence-corrected chi connectivity index (χ1v) is 5.55. The highest BCUT2D eigenvalue weighted by Gasteiger charge is 2.16. The Bertz CT molecular complexity index is 552. The monoisotopic (exact) mass is 218 g/mol. The number of fused-ring (bicyclic) bond motifs is 1. The van der Waals surface area contributed by atoms with Crippen molar-refractivity contribution in [2.75, 3.05) is 5.73 Å². The molecule has 2 rings (SSSR count). The molecule has 0 aliphatic rings. The van der Waals surface area contributed by atoms with Gasteiger partial charge in [0.1, 0.15) is 5.82 Å². The molecule has 0 spiro atoms. The van der Waals surface area contributed by atoms with Gasteiger partial charge in [0.25, 0.3) is 0 Å². The van der Waals surface area contributed by atoms with Crippen LogP contribution >= 0.6 is 0 Å². The van der Waals surface area contributed by atoms with Crippen molar-refractivity contribution in [1.29, 1.82) is 0 Å². The molecule has 0 atom stereocenters. The van der Waals surface area contributed by atoms with Crippen LogP contribution in [0.15, 0.2) is 0 Å². The van der Waals surface area contributed by atoms with Gasteiger partial charge >= 0.3 is 0 Å². The molecule has 4 nitrogen and oxygen atoms in total. The number of hydrogen-bond acceptors (Lipinski definition) is 3. The van der Waals surface area contributed by atoms with Crippen LogP contribution < -0.4 is 5.73 Å². The lowest BCUT2D eigenvalue weighted by Gasteiger charge is -2.08. The first-order valence-electron chi connectivity index (χ1n) is 5.55. The summed E-state index contributed by atoms with van der Waals surface area (Å²) in [6.45, 7) is 10.3. The highest BCUT2D eigenvalue weighted by molar-refractivity contribution is 5.52. The van der Waals surface area contributed by atoms with Crippen molar-refractivity contribution >= 4 is 11.6 Å². The molecule has 0 saturated heterocycles. The van der Waals surface area contributed by atoms with E-state index in [0.29, 0.717) is 11.7 Å². The number of aromatic nitrogens is 3. The predicted molar refractivity (Wildman–Crippen MR) is 65.7 cm³/mol. The van der Waals surface area contributed by atoms with Gasteiger partial charge in [0.2, 0.25) is 5.78 Å². The van der Waals surface area contributed by atoms with Crippen LogP contribution in [0.4, 0.5) is 5.82 Å². The zero-order valence-corrected chi connectivity index (χ0v) is 10.5. The number of nitrogens with zero attached hydrogens (tertiary/aromatic N) is 3. The van der Waals surface area contributed by atoms with Crippen LogP contribution in [0.2, 0.25) is 0 Å². The summed E-state index contributed by atoms with van der Waals surface area (Å²) in [5.41, 5.74) is 10.4. The molecule has 0 unspecified atom stereocenters. The van der Waals surface area contributed by atoms with E-state index in [9.17, 15) is 0 Å². The summed E-state index contributed by atoms with van der Waals surface area (Å²) in [6, 6.07) is 0. The topological polar surface area (TPSA) is 56.2 Å². The Kier molecular flexibility index (Phi) is 2.37. The first kappa shape index (κ1) is 10.9. The van der Waals surface area contributed by atoms with E-state index in [1.807, 2.05) is 11.3 Å². The molecule has 2 aromatic heterocycles. The minimum atomic E-state index is 0.321. The van der Waals surface area contributed by atoms with E-state index in [1.165, 1.54) is 5.56 Å². The van der Waals surface area contributed by atoms with Crippen LogP contribution in [-0.4, -0.2) is 14.4 Å². The molecule has 0 amide bonds. The fraction of sp³-hybridized carbons (Fsp3) is 0.500. The third kappa shape index (κ3) is 1.37. The Morgan fingerprint density at radius 2 is 1.75 bits per heavy atom. The highest BCUT2D eigenvalue weighted by atomic mass is 15.2. The molecule has 0 aliphatic heterocycles. The molecule has 4 heteroatoms. The third-order valence-electron chi connectivity index (χ3n) is 3.16. The molecule has 86 valence electrons. The molecule has 0 aliphatic carbocycles. The number of anilines is 1. The minimum Gasteiger partial charge on any atom is -0.383 e. The molecule has 2 N–H and O–H groups in total. The predicted octanol–water partition coefficient (Wildman–Crippen LogP) is 2.36. The van der Waals surface area contributed by atoms with Gasteiger partial charge in [0, 0.05) is 11.4 Å². The number of aryl methyl sites for hydroxylation is 2. The minimum absolute atomic E-state index is 0.321. The van der Waals surface area contributed by atoms with Crippen molar-refractivity contribution in [2.45, 2.75) is 40.5 Å². The number of hydrogen-bond donors (Lipinski definition) is 1. The summed E-state index contributed by atoms with van der Waals surface area (Å²) in [5.74, 6) is 1.75. The van der Waals surface area contributed by atoms with Crippen LogP contribution in [0, 0.1) is 20.8 Å². The van der Waals surface area contributed by atoms with Gasteiger partial charge in [-0.15, -0.1) is 0 Å². The van der Waals surface area contributed by atoms with Gasteiger partial charge in [0.15, 0.2) is 0 Å². The van der Waals surface area contributed by atoms with Crippen molar-refractivity contribution < 1.29 is 0 Å². The lowest BCUT2D eigenvalue weighted by molar-refractivity contribution is 0.837. The molecule has 0 bridgehead atoms. The Morgan fingerprint density at radius 3 is 2.31 bits per heavy atom. The second-order valence-corrected chi connectivity index (χ2v) is 4.58. The number of rotatable bonds is 1. The van der Waals surface area contributed by atoms with E-state index in [1.54, 1.807) is 0 Å². The second kappa shape index (κ2) is 3.47. The van der Waals surface area contributed by atoms with Crippen molar-refractivity contribution in [3.63, 3.8) is 0 Å². The molecular formula is C12H18N4. The Hall–Kier alpha value is -1.58. The van der Waals surface area contributed by atoms with E-state index in [4.69, 9.17) is 5.73 Å². The van der Waals surface area contributed by atoms with Gasteiger partial charge in [-0.25, -0.2) is 9.97 Å². The molecule has 0 radical (unpaired) electrons. The second-order valence-electron chi connectivity index (χ2n) is 4.58. The molecule has 2 aromatic rings. The Balaban J connectivity index is 2.88. The average Bonchev–Trinajstić information content (AvgIpc) is 2.52. The summed E-state index contributed by atoms with van der Waals surface area (Å²) in [4.78, 5) is 8.97. The quantitative estimate of drug-likeness (QED) is 0.799. The van der Waals surface area contributed by atoms with Crippen LogP contribution in [-0.2, 0) is 0 Å². The van der Waals surface area contributed by atoms with E-state index in [0.717, 1.165) is 22.9 Å².